The average Bonchev–Trinajstić information content (AvgIpc) is 3.74. The van der Waals surface area contributed by atoms with Gasteiger partial charge in [0.15, 0.2) is 0 Å². The third-order valence-electron chi connectivity index (χ3n) is 7.83. The first-order valence-corrected chi connectivity index (χ1v) is 12.7. The molecule has 5 rings (SSSR count). The topological polar surface area (TPSA) is 43.5 Å². The van der Waals surface area contributed by atoms with Crippen molar-refractivity contribution in [1.29, 1.82) is 0 Å². The van der Waals surface area contributed by atoms with Crippen LogP contribution in [0, 0.1) is 41.5 Å². The van der Waals surface area contributed by atoms with Crippen molar-refractivity contribution in [2.45, 2.75) is 78.9 Å². The number of hydrogen-bond acceptors (Lipinski definition) is 4. The molecular weight excluding hydrogens is 424 g/mol. The molecule has 2 saturated heterocycles. The molecule has 0 N–H and O–H groups in total. The van der Waals surface area contributed by atoms with E-state index in [0.29, 0.717) is 19.1 Å². The maximum Gasteiger partial charge on any atom is 0.125 e. The van der Waals surface area contributed by atoms with E-state index in [4.69, 9.17) is 18.9 Å². The summed E-state index contributed by atoms with van der Waals surface area (Å²) in [6.45, 7) is 16.2. The summed E-state index contributed by atoms with van der Waals surface area (Å²) in [7, 11) is 0. The minimum atomic E-state index is 0.273. The number of rotatable bonds is 8. The van der Waals surface area contributed by atoms with Gasteiger partial charge in [-0.2, -0.15) is 0 Å². The van der Waals surface area contributed by atoms with Gasteiger partial charge in [0.05, 0.1) is 13.2 Å². The van der Waals surface area contributed by atoms with Crippen LogP contribution in [0.3, 0.4) is 0 Å². The molecule has 2 fully saturated rings. The second-order valence-corrected chi connectivity index (χ2v) is 10.4. The van der Waals surface area contributed by atoms with E-state index in [1.54, 1.807) is 0 Å². The Morgan fingerprint density at radius 2 is 1.32 bits per heavy atom. The summed E-state index contributed by atoms with van der Waals surface area (Å²) >= 11 is 0. The van der Waals surface area contributed by atoms with Crippen molar-refractivity contribution >= 4 is 5.57 Å². The molecule has 0 bridgehead atoms. The Hall–Kier alpha value is -2.30. The molecule has 0 spiro atoms. The molecule has 34 heavy (non-hydrogen) atoms. The van der Waals surface area contributed by atoms with Crippen molar-refractivity contribution in [1.82, 2.24) is 0 Å². The summed E-state index contributed by atoms with van der Waals surface area (Å²) in [5.41, 5.74) is 11.9. The molecule has 1 aliphatic carbocycles. The standard InChI is InChI=1S/C30H38O4/c1-17-10-27(19(3)21(5)29(17)33-15-25-13-31-25)23-8-7-9-24(12-23)28-11-18(2)30(22(6)20(28)4)34-16-26-14-32-26/h10-12,23,25-26H,7-9,13-16H2,1-6H3. The van der Waals surface area contributed by atoms with E-state index in [-0.39, 0.29) is 12.2 Å². The van der Waals surface area contributed by atoms with E-state index in [9.17, 15) is 0 Å². The fourth-order valence-electron chi connectivity index (χ4n) is 5.38. The summed E-state index contributed by atoms with van der Waals surface area (Å²) in [4.78, 5) is 0. The van der Waals surface area contributed by atoms with Gasteiger partial charge in [-0.15, -0.1) is 0 Å². The molecule has 0 saturated carbocycles. The van der Waals surface area contributed by atoms with Gasteiger partial charge in [-0.3, -0.25) is 0 Å². The van der Waals surface area contributed by atoms with Crippen LogP contribution >= 0.6 is 0 Å². The van der Waals surface area contributed by atoms with Gasteiger partial charge in [0.25, 0.3) is 0 Å². The minimum Gasteiger partial charge on any atom is -0.490 e. The fraction of sp³-hybridized carbons (Fsp3) is 0.533. The van der Waals surface area contributed by atoms with Crippen molar-refractivity contribution < 1.29 is 18.9 Å². The summed E-state index contributed by atoms with van der Waals surface area (Å²) in [6, 6.07) is 4.69. The van der Waals surface area contributed by atoms with Gasteiger partial charge in [-0.1, -0.05) is 12.1 Å². The van der Waals surface area contributed by atoms with Crippen LogP contribution in [0.15, 0.2) is 18.2 Å². The van der Waals surface area contributed by atoms with Gasteiger partial charge in [0.2, 0.25) is 0 Å². The lowest BCUT2D eigenvalue weighted by Gasteiger charge is -2.27. The first-order valence-electron chi connectivity index (χ1n) is 12.7. The predicted octanol–water partition coefficient (Wildman–Crippen LogP) is 6.44. The Labute approximate surface area is 204 Å². The zero-order chi connectivity index (χ0) is 24.0. The van der Waals surface area contributed by atoms with Crippen molar-refractivity contribution in [3.05, 3.63) is 62.7 Å². The average molecular weight is 463 g/mol. The highest BCUT2D eigenvalue weighted by Crippen LogP contribution is 2.42. The molecule has 4 nitrogen and oxygen atoms in total. The fourth-order valence-corrected chi connectivity index (χ4v) is 5.38. The molecule has 2 aromatic carbocycles. The number of aryl methyl sites for hydroxylation is 2. The number of benzene rings is 2. The molecule has 182 valence electrons. The van der Waals surface area contributed by atoms with Crippen LogP contribution in [0.5, 0.6) is 11.5 Å². The van der Waals surface area contributed by atoms with Crippen LogP contribution in [0.4, 0.5) is 0 Å². The third kappa shape index (κ3) is 4.76. The lowest BCUT2D eigenvalue weighted by molar-refractivity contribution is 0.260. The van der Waals surface area contributed by atoms with E-state index in [1.165, 1.54) is 62.9 Å². The zero-order valence-electron chi connectivity index (χ0n) is 21.5. The molecule has 4 heteroatoms. The Morgan fingerprint density at radius 3 is 1.91 bits per heavy atom. The van der Waals surface area contributed by atoms with Gasteiger partial charge >= 0.3 is 0 Å². The van der Waals surface area contributed by atoms with Crippen molar-refractivity contribution in [2.75, 3.05) is 26.4 Å². The summed E-state index contributed by atoms with van der Waals surface area (Å²) < 4.78 is 22.9. The molecule has 0 amide bonds. The van der Waals surface area contributed by atoms with Gasteiger partial charge < -0.3 is 18.9 Å². The molecular formula is C30H38O4. The Kier molecular flexibility index (Phi) is 6.47. The van der Waals surface area contributed by atoms with E-state index in [2.05, 4.69) is 59.8 Å². The number of epoxide rings is 2. The van der Waals surface area contributed by atoms with E-state index in [1.807, 2.05) is 0 Å². The summed E-state index contributed by atoms with van der Waals surface area (Å²) in [6.07, 6.45) is 6.61. The highest BCUT2D eigenvalue weighted by Gasteiger charge is 2.27. The number of allylic oxidation sites excluding steroid dienone is 2. The monoisotopic (exact) mass is 462 g/mol. The molecule has 2 aliphatic heterocycles. The lowest BCUT2D eigenvalue weighted by Crippen LogP contribution is -2.11. The van der Waals surface area contributed by atoms with E-state index in [0.717, 1.165) is 31.1 Å². The minimum absolute atomic E-state index is 0.273. The highest BCUT2D eigenvalue weighted by atomic mass is 16.6. The second kappa shape index (κ2) is 9.39. The molecule has 0 aromatic heterocycles. The maximum atomic E-state index is 6.14. The summed E-state index contributed by atoms with van der Waals surface area (Å²) in [5, 5.41) is 0. The molecule has 3 unspecified atom stereocenters. The molecule has 2 heterocycles. The maximum absolute atomic E-state index is 6.14. The Morgan fingerprint density at radius 1 is 0.765 bits per heavy atom. The Bertz CT molecular complexity index is 1120. The van der Waals surface area contributed by atoms with Crippen LogP contribution in [0.2, 0.25) is 0 Å². The van der Waals surface area contributed by atoms with Crippen LogP contribution in [-0.2, 0) is 9.47 Å². The quantitative estimate of drug-likeness (QED) is 0.423. The van der Waals surface area contributed by atoms with Crippen LogP contribution in [0.1, 0.15) is 69.7 Å². The Balaban J connectivity index is 1.43. The highest BCUT2D eigenvalue weighted by molar-refractivity contribution is 5.73. The van der Waals surface area contributed by atoms with Crippen LogP contribution in [0.25, 0.3) is 5.57 Å². The van der Waals surface area contributed by atoms with Gasteiger partial charge in [0.1, 0.15) is 36.9 Å². The van der Waals surface area contributed by atoms with Crippen molar-refractivity contribution in [2.24, 2.45) is 0 Å². The smallest absolute Gasteiger partial charge is 0.125 e. The van der Waals surface area contributed by atoms with Crippen LogP contribution < -0.4 is 9.47 Å². The second-order valence-electron chi connectivity index (χ2n) is 10.4. The first-order chi connectivity index (χ1) is 16.3. The summed E-state index contributed by atoms with van der Waals surface area (Å²) in [5.74, 6) is 2.50. The number of ether oxygens (including phenoxy) is 4. The molecule has 2 aromatic rings. The van der Waals surface area contributed by atoms with E-state index >= 15 is 0 Å². The molecule has 3 atom stereocenters. The molecule has 3 aliphatic rings. The predicted molar refractivity (Wildman–Crippen MR) is 136 cm³/mol. The number of hydrogen-bond donors (Lipinski definition) is 0. The van der Waals surface area contributed by atoms with Crippen molar-refractivity contribution in [3.63, 3.8) is 0 Å². The van der Waals surface area contributed by atoms with E-state index < -0.39 is 0 Å². The van der Waals surface area contributed by atoms with Gasteiger partial charge in [-0.25, -0.2) is 0 Å². The van der Waals surface area contributed by atoms with Crippen LogP contribution in [-0.4, -0.2) is 38.6 Å². The third-order valence-corrected chi connectivity index (χ3v) is 7.83. The SMILES string of the molecule is Cc1cc(C2=CC(c3cc(C)c(OCC4CO4)c(C)c3C)CCC2)c(C)c(C)c1OCC1CO1. The van der Waals surface area contributed by atoms with Gasteiger partial charge in [0, 0.05) is 5.92 Å². The zero-order valence-corrected chi connectivity index (χ0v) is 21.5. The lowest BCUT2D eigenvalue weighted by atomic mass is 9.79. The van der Waals surface area contributed by atoms with Gasteiger partial charge in [-0.05, 0) is 117 Å². The largest absolute Gasteiger partial charge is 0.490 e. The van der Waals surface area contributed by atoms with Crippen molar-refractivity contribution in [3.8, 4) is 11.5 Å². The normalized spacial score (nSPS) is 23.5. The first kappa shape index (κ1) is 23.4. The molecule has 0 radical (unpaired) electrons.